The van der Waals surface area contributed by atoms with Crippen molar-refractivity contribution in [2.75, 3.05) is 0 Å². The molecule has 0 unspecified atom stereocenters. The smallest absolute Gasteiger partial charge is 0.407 e. The first kappa shape index (κ1) is 27.6. The molecule has 1 aliphatic rings. The van der Waals surface area contributed by atoms with E-state index >= 15 is 0 Å². The molecule has 4 aromatic rings. The Labute approximate surface area is 228 Å². The topological polar surface area (TPSA) is 95.9 Å². The molecule has 210 valence electrons. The molecule has 0 bridgehead atoms. The summed E-state index contributed by atoms with van der Waals surface area (Å²) in [5.41, 5.74) is -0.888. The van der Waals surface area contributed by atoms with Crippen LogP contribution in [-0.2, 0) is 11.8 Å². The van der Waals surface area contributed by atoms with E-state index in [1.165, 1.54) is 26.0 Å². The van der Waals surface area contributed by atoms with Gasteiger partial charge in [-0.2, -0.15) is 18.4 Å². The van der Waals surface area contributed by atoms with Crippen LogP contribution in [0.2, 0.25) is 0 Å². The van der Waals surface area contributed by atoms with Gasteiger partial charge in [-0.05, 0) is 63.4 Å². The second kappa shape index (κ2) is 9.63. The Hall–Kier alpha value is -3.91. The van der Waals surface area contributed by atoms with Gasteiger partial charge in [-0.15, -0.1) is 0 Å². The van der Waals surface area contributed by atoms with Gasteiger partial charge < -0.3 is 14.3 Å². The van der Waals surface area contributed by atoms with Gasteiger partial charge in [0.2, 0.25) is 5.91 Å². The van der Waals surface area contributed by atoms with Crippen molar-refractivity contribution in [3.05, 3.63) is 54.0 Å². The van der Waals surface area contributed by atoms with Gasteiger partial charge in [-0.1, -0.05) is 12.1 Å². The standard InChI is InChI=1S/C29H29F4N5O2/c1-16-35-22(14-38(16)4)17-6-8-23-20(11-17)19-7-5-18(12-24(19)40-23)25(29(31,32)33)36-21(13-27(2,3)30)26(39)37-28(15-34)9-10-28/h5-8,11-12,14,21,25,36H,9-10,13H2,1-4H3,(H,37,39)/t21-,25-/m0/s1. The van der Waals surface area contributed by atoms with Gasteiger partial charge in [0.05, 0.1) is 17.8 Å². The van der Waals surface area contributed by atoms with Gasteiger partial charge >= 0.3 is 6.18 Å². The maximum absolute atomic E-state index is 14.6. The highest BCUT2D eigenvalue weighted by atomic mass is 19.4. The van der Waals surface area contributed by atoms with Crippen molar-refractivity contribution in [2.45, 2.75) is 69.5 Å². The quantitative estimate of drug-likeness (QED) is 0.254. The number of alkyl halides is 4. The Kier molecular flexibility index (Phi) is 6.65. The molecule has 11 heteroatoms. The molecule has 2 N–H and O–H groups in total. The highest BCUT2D eigenvalue weighted by Crippen LogP contribution is 2.39. The maximum atomic E-state index is 14.6. The first-order chi connectivity index (χ1) is 18.7. The van der Waals surface area contributed by atoms with Gasteiger partial charge in [-0.25, -0.2) is 9.37 Å². The van der Waals surface area contributed by atoms with Crippen molar-refractivity contribution in [2.24, 2.45) is 7.05 Å². The van der Waals surface area contributed by atoms with Gasteiger partial charge in [-0.3, -0.25) is 10.1 Å². The molecule has 2 heterocycles. The van der Waals surface area contributed by atoms with Crippen LogP contribution in [0.1, 0.15) is 50.5 Å². The number of hydrogen-bond acceptors (Lipinski definition) is 5. The minimum atomic E-state index is -4.81. The normalized spacial score (nSPS) is 16.6. The van der Waals surface area contributed by atoms with E-state index in [1.54, 1.807) is 12.1 Å². The van der Waals surface area contributed by atoms with Gasteiger partial charge in [0, 0.05) is 36.0 Å². The number of nitrogens with one attached hydrogen (secondary N) is 2. The van der Waals surface area contributed by atoms with Crippen LogP contribution in [0.25, 0.3) is 33.2 Å². The molecule has 2 aromatic heterocycles. The van der Waals surface area contributed by atoms with E-state index in [2.05, 4.69) is 15.6 Å². The highest BCUT2D eigenvalue weighted by Gasteiger charge is 2.48. The number of nitriles is 1. The van der Waals surface area contributed by atoms with Crippen LogP contribution in [0.15, 0.2) is 47.0 Å². The fourth-order valence-electron chi connectivity index (χ4n) is 4.84. The first-order valence-corrected chi connectivity index (χ1v) is 12.9. The number of furan rings is 1. The molecule has 0 aliphatic heterocycles. The molecule has 0 spiro atoms. The number of hydrogen-bond donors (Lipinski definition) is 2. The van der Waals surface area contributed by atoms with Crippen LogP contribution < -0.4 is 10.6 Å². The predicted molar refractivity (Wildman–Crippen MR) is 142 cm³/mol. The van der Waals surface area contributed by atoms with Gasteiger partial charge in [0.25, 0.3) is 0 Å². The number of carbonyl (C=O) groups is 1. The number of halogens is 4. The summed E-state index contributed by atoms with van der Waals surface area (Å²) < 4.78 is 65.5. The summed E-state index contributed by atoms with van der Waals surface area (Å²) >= 11 is 0. The minimum absolute atomic E-state index is 0.185. The molecular weight excluding hydrogens is 526 g/mol. The third-order valence-electron chi connectivity index (χ3n) is 7.26. The number of amides is 1. The molecule has 1 aliphatic carbocycles. The Morgan fingerprint density at radius 2 is 1.88 bits per heavy atom. The first-order valence-electron chi connectivity index (χ1n) is 12.9. The van der Waals surface area contributed by atoms with Crippen molar-refractivity contribution in [1.29, 1.82) is 5.26 Å². The number of aryl methyl sites for hydroxylation is 2. The van der Waals surface area contributed by atoms with Crippen LogP contribution in [0.5, 0.6) is 0 Å². The second-order valence-electron chi connectivity index (χ2n) is 11.2. The highest BCUT2D eigenvalue weighted by molar-refractivity contribution is 6.06. The van der Waals surface area contributed by atoms with Crippen LogP contribution in [0.4, 0.5) is 17.6 Å². The summed E-state index contributed by atoms with van der Waals surface area (Å²) in [5, 5.41) is 15.5. The number of carbonyl (C=O) groups excluding carboxylic acids is 1. The summed E-state index contributed by atoms with van der Waals surface area (Å²) in [4.78, 5) is 17.5. The van der Waals surface area contributed by atoms with Crippen LogP contribution in [0, 0.1) is 18.3 Å². The average molecular weight is 556 g/mol. The third kappa shape index (κ3) is 5.54. The van der Waals surface area contributed by atoms with Crippen molar-refractivity contribution in [3.63, 3.8) is 0 Å². The molecule has 1 saturated carbocycles. The molecule has 5 rings (SSSR count). The lowest BCUT2D eigenvalue weighted by atomic mass is 9.96. The molecule has 40 heavy (non-hydrogen) atoms. The second-order valence-corrected chi connectivity index (χ2v) is 11.2. The number of aromatic nitrogens is 2. The molecule has 2 atom stereocenters. The third-order valence-corrected chi connectivity index (χ3v) is 7.26. The summed E-state index contributed by atoms with van der Waals surface area (Å²) in [6, 6.07) is 7.79. The Bertz CT molecular complexity index is 1620. The Balaban J connectivity index is 1.50. The Morgan fingerprint density at radius 3 is 2.45 bits per heavy atom. The van der Waals surface area contributed by atoms with Crippen LogP contribution >= 0.6 is 0 Å². The van der Waals surface area contributed by atoms with E-state index in [4.69, 9.17) is 4.42 Å². The molecular formula is C29H29F4N5O2. The zero-order valence-electron chi connectivity index (χ0n) is 22.5. The van der Waals surface area contributed by atoms with E-state index in [0.717, 1.165) is 22.5 Å². The largest absolute Gasteiger partial charge is 0.456 e. The number of fused-ring (bicyclic) bond motifs is 3. The molecule has 1 fully saturated rings. The lowest BCUT2D eigenvalue weighted by Crippen LogP contribution is -2.53. The number of imidazole rings is 1. The van der Waals surface area contributed by atoms with Crippen molar-refractivity contribution >= 4 is 27.8 Å². The SMILES string of the molecule is Cc1nc(-c2ccc3oc4cc([C@H](N[C@@H](CC(C)(C)F)C(=O)NC5(C#N)CC5)C(F)(F)F)ccc4c3c2)cn1C. The summed E-state index contributed by atoms with van der Waals surface area (Å²) in [7, 11) is 1.89. The molecule has 7 nitrogen and oxygen atoms in total. The van der Waals surface area contributed by atoms with Crippen molar-refractivity contribution in [1.82, 2.24) is 20.2 Å². The van der Waals surface area contributed by atoms with E-state index in [0.29, 0.717) is 23.8 Å². The van der Waals surface area contributed by atoms with Crippen LogP contribution in [0.3, 0.4) is 0 Å². The Morgan fingerprint density at radius 1 is 1.15 bits per heavy atom. The van der Waals surface area contributed by atoms with Crippen molar-refractivity contribution < 1.29 is 26.8 Å². The lowest BCUT2D eigenvalue weighted by Gasteiger charge is -2.30. The van der Waals surface area contributed by atoms with Gasteiger partial charge in [0.1, 0.15) is 34.2 Å². The van der Waals surface area contributed by atoms with E-state index < -0.39 is 41.8 Å². The fourth-order valence-corrected chi connectivity index (χ4v) is 4.84. The zero-order chi connectivity index (χ0) is 29.0. The fraction of sp³-hybridized carbons (Fsp3) is 0.414. The monoisotopic (exact) mass is 555 g/mol. The summed E-state index contributed by atoms with van der Waals surface area (Å²) in [6.07, 6.45) is -2.64. The van der Waals surface area contributed by atoms with Crippen molar-refractivity contribution in [3.8, 4) is 17.3 Å². The molecule has 2 aromatic carbocycles. The summed E-state index contributed by atoms with van der Waals surface area (Å²) in [6.45, 7) is 4.27. The molecule has 1 amide bonds. The minimum Gasteiger partial charge on any atom is -0.456 e. The molecule has 0 radical (unpaired) electrons. The number of nitrogens with zero attached hydrogens (tertiary/aromatic N) is 3. The zero-order valence-corrected chi connectivity index (χ0v) is 22.5. The van der Waals surface area contributed by atoms with Crippen LogP contribution in [-0.4, -0.2) is 38.9 Å². The van der Waals surface area contributed by atoms with E-state index in [-0.39, 0.29) is 11.1 Å². The van der Waals surface area contributed by atoms with E-state index in [1.807, 2.05) is 42.9 Å². The molecule has 0 saturated heterocycles. The lowest BCUT2D eigenvalue weighted by molar-refractivity contribution is -0.161. The van der Waals surface area contributed by atoms with Gasteiger partial charge in [0.15, 0.2) is 0 Å². The summed E-state index contributed by atoms with van der Waals surface area (Å²) in [5.74, 6) is -0.00771. The van der Waals surface area contributed by atoms with E-state index in [9.17, 15) is 27.6 Å². The number of benzene rings is 2. The number of rotatable bonds is 8. The predicted octanol–water partition coefficient (Wildman–Crippen LogP) is 6.17. The average Bonchev–Trinajstić information content (AvgIpc) is 3.42. The maximum Gasteiger partial charge on any atom is 0.407 e.